The molecule has 0 saturated carbocycles. The lowest BCUT2D eigenvalue weighted by Gasteiger charge is -2.19. The minimum Gasteiger partial charge on any atom is -0.465 e. The van der Waals surface area contributed by atoms with Crippen molar-refractivity contribution in [1.82, 2.24) is 4.90 Å². The molecule has 80 valence electrons. The van der Waals surface area contributed by atoms with E-state index < -0.39 is 11.9 Å². The zero-order valence-corrected chi connectivity index (χ0v) is 8.72. The number of allylic oxidation sites excluding steroid dienone is 2. The third-order valence-corrected chi connectivity index (χ3v) is 1.99. The fourth-order valence-corrected chi connectivity index (χ4v) is 1.26. The van der Waals surface area contributed by atoms with E-state index in [1.54, 1.807) is 6.92 Å². The second-order valence-corrected chi connectivity index (χ2v) is 3.14. The molecule has 0 aromatic heterocycles. The lowest BCUT2D eigenvalue weighted by molar-refractivity contribution is -0.146. The number of esters is 1. The van der Waals surface area contributed by atoms with E-state index in [1.165, 1.54) is 0 Å². The van der Waals surface area contributed by atoms with Crippen LogP contribution in [0.5, 0.6) is 0 Å². The van der Waals surface area contributed by atoms with Crippen LogP contribution in [-0.4, -0.2) is 24.0 Å². The fourth-order valence-electron chi connectivity index (χ4n) is 1.26. The summed E-state index contributed by atoms with van der Waals surface area (Å²) in [5.74, 6) is -1.18. The van der Waals surface area contributed by atoms with Gasteiger partial charge in [-0.25, -0.2) is 0 Å². The van der Waals surface area contributed by atoms with Crippen molar-refractivity contribution in [1.29, 1.82) is 5.26 Å². The molecule has 4 heteroatoms. The lowest BCUT2D eigenvalue weighted by atomic mass is 10.1. The highest BCUT2D eigenvalue weighted by Crippen LogP contribution is 2.08. The summed E-state index contributed by atoms with van der Waals surface area (Å²) in [4.78, 5) is 13.1. The quantitative estimate of drug-likeness (QED) is 0.653. The molecule has 0 fully saturated rings. The number of nitriles is 1. The van der Waals surface area contributed by atoms with Gasteiger partial charge >= 0.3 is 5.97 Å². The van der Waals surface area contributed by atoms with Crippen LogP contribution in [0.15, 0.2) is 24.6 Å². The van der Waals surface area contributed by atoms with Crippen molar-refractivity contribution in [3.8, 4) is 6.07 Å². The van der Waals surface area contributed by atoms with E-state index in [2.05, 4.69) is 0 Å². The summed E-state index contributed by atoms with van der Waals surface area (Å²) in [6.45, 7) is 2.39. The van der Waals surface area contributed by atoms with Gasteiger partial charge in [0.2, 0.25) is 0 Å². The third-order valence-electron chi connectivity index (χ3n) is 1.99. The molecular formula is C11H14N2O2. The molecule has 0 bridgehead atoms. The summed E-state index contributed by atoms with van der Waals surface area (Å²) >= 11 is 0. The minimum absolute atomic E-state index is 0.308. The summed E-state index contributed by atoms with van der Waals surface area (Å²) in [5, 5.41) is 8.83. The Morgan fingerprint density at radius 1 is 1.60 bits per heavy atom. The lowest BCUT2D eigenvalue weighted by Crippen LogP contribution is -2.27. The Bertz CT molecular complexity index is 303. The molecular weight excluding hydrogens is 192 g/mol. The van der Waals surface area contributed by atoms with Gasteiger partial charge in [-0.05, 0) is 25.7 Å². The molecule has 0 radical (unpaired) electrons. The number of ether oxygens (including phenoxy) is 1. The normalized spacial score (nSPS) is 15.9. The Morgan fingerprint density at radius 3 is 2.80 bits per heavy atom. The smallest absolute Gasteiger partial charge is 0.325 e. The maximum atomic E-state index is 11.3. The fraction of sp³-hybridized carbons (Fsp3) is 0.455. The van der Waals surface area contributed by atoms with Gasteiger partial charge in [0.15, 0.2) is 5.92 Å². The largest absolute Gasteiger partial charge is 0.465 e. The van der Waals surface area contributed by atoms with Crippen LogP contribution < -0.4 is 0 Å². The highest BCUT2D eigenvalue weighted by Gasteiger charge is 2.20. The van der Waals surface area contributed by atoms with Crippen molar-refractivity contribution in [2.75, 3.05) is 13.2 Å². The molecule has 1 heterocycles. The van der Waals surface area contributed by atoms with E-state index in [0.717, 1.165) is 6.42 Å². The average molecular weight is 206 g/mol. The van der Waals surface area contributed by atoms with Gasteiger partial charge in [0.05, 0.1) is 12.7 Å². The molecule has 0 N–H and O–H groups in total. The van der Waals surface area contributed by atoms with Crippen molar-refractivity contribution < 1.29 is 9.53 Å². The van der Waals surface area contributed by atoms with E-state index in [-0.39, 0.29) is 0 Å². The minimum atomic E-state index is -0.725. The standard InChI is InChI=1S/C11H14N2O2/c1-2-15-11(14)10(8-12)9-13-6-4-3-5-7-13/h4-7,10H,2-3,9H2,1H3. The van der Waals surface area contributed by atoms with E-state index in [9.17, 15) is 4.79 Å². The molecule has 0 aromatic rings. The zero-order valence-electron chi connectivity index (χ0n) is 8.72. The number of rotatable bonds is 4. The first-order chi connectivity index (χ1) is 7.27. The van der Waals surface area contributed by atoms with Gasteiger partial charge in [0, 0.05) is 6.54 Å². The monoisotopic (exact) mass is 206 g/mol. The van der Waals surface area contributed by atoms with Crippen LogP contribution in [0.25, 0.3) is 0 Å². The van der Waals surface area contributed by atoms with Gasteiger partial charge in [0.25, 0.3) is 0 Å². The van der Waals surface area contributed by atoms with Crippen LogP contribution in [0.2, 0.25) is 0 Å². The van der Waals surface area contributed by atoms with E-state index >= 15 is 0 Å². The summed E-state index contributed by atoms with van der Waals surface area (Å²) < 4.78 is 4.80. The van der Waals surface area contributed by atoms with Crippen molar-refractivity contribution in [3.63, 3.8) is 0 Å². The first kappa shape index (κ1) is 11.3. The zero-order chi connectivity index (χ0) is 11.1. The van der Waals surface area contributed by atoms with Crippen molar-refractivity contribution in [3.05, 3.63) is 24.6 Å². The summed E-state index contributed by atoms with van der Waals surface area (Å²) in [6, 6.07) is 1.95. The predicted octanol–water partition coefficient (Wildman–Crippen LogP) is 1.42. The number of carbonyl (C=O) groups is 1. The molecule has 0 aliphatic carbocycles. The average Bonchev–Trinajstić information content (AvgIpc) is 2.27. The molecule has 1 atom stereocenters. The van der Waals surface area contributed by atoms with Crippen LogP contribution in [0.4, 0.5) is 0 Å². The Hall–Kier alpha value is -1.76. The molecule has 1 aliphatic heterocycles. The number of carbonyl (C=O) groups excluding carboxylic acids is 1. The van der Waals surface area contributed by atoms with E-state index in [0.29, 0.717) is 13.2 Å². The molecule has 4 nitrogen and oxygen atoms in total. The highest BCUT2D eigenvalue weighted by molar-refractivity contribution is 5.75. The van der Waals surface area contributed by atoms with Crippen LogP contribution in [0, 0.1) is 17.2 Å². The molecule has 1 aliphatic rings. The Labute approximate surface area is 89.4 Å². The van der Waals surface area contributed by atoms with Crippen LogP contribution in [0.3, 0.4) is 0 Å². The molecule has 1 unspecified atom stereocenters. The van der Waals surface area contributed by atoms with Crippen LogP contribution in [0.1, 0.15) is 13.3 Å². The van der Waals surface area contributed by atoms with Crippen LogP contribution in [-0.2, 0) is 9.53 Å². The molecule has 15 heavy (non-hydrogen) atoms. The molecule has 0 aromatic carbocycles. The summed E-state index contributed by atoms with van der Waals surface area (Å²) in [5.41, 5.74) is 0. The number of nitrogens with zero attached hydrogens (tertiary/aromatic N) is 2. The van der Waals surface area contributed by atoms with Gasteiger partial charge in [-0.15, -0.1) is 0 Å². The number of hydrogen-bond acceptors (Lipinski definition) is 4. The SMILES string of the molecule is CCOC(=O)C(C#N)CN1C=CCC=C1. The second-order valence-electron chi connectivity index (χ2n) is 3.14. The second kappa shape index (κ2) is 5.86. The summed E-state index contributed by atoms with van der Waals surface area (Å²) in [7, 11) is 0. The highest BCUT2D eigenvalue weighted by atomic mass is 16.5. The van der Waals surface area contributed by atoms with Gasteiger partial charge in [-0.2, -0.15) is 5.26 Å². The predicted molar refractivity (Wildman–Crippen MR) is 55.3 cm³/mol. The molecule has 0 spiro atoms. The number of hydrogen-bond donors (Lipinski definition) is 0. The van der Waals surface area contributed by atoms with Gasteiger partial charge in [-0.1, -0.05) is 12.2 Å². The van der Waals surface area contributed by atoms with Crippen molar-refractivity contribution >= 4 is 5.97 Å². The maximum Gasteiger partial charge on any atom is 0.325 e. The van der Waals surface area contributed by atoms with Crippen molar-refractivity contribution in [2.24, 2.45) is 5.92 Å². The third kappa shape index (κ3) is 3.47. The first-order valence-electron chi connectivity index (χ1n) is 4.93. The van der Waals surface area contributed by atoms with Gasteiger partial charge in [0.1, 0.15) is 0 Å². The molecule has 0 saturated heterocycles. The summed E-state index contributed by atoms with van der Waals surface area (Å²) in [6.07, 6.45) is 8.57. The Kier molecular flexibility index (Phi) is 4.42. The van der Waals surface area contributed by atoms with E-state index in [4.69, 9.17) is 10.00 Å². The Morgan fingerprint density at radius 2 is 2.27 bits per heavy atom. The van der Waals surface area contributed by atoms with E-state index in [1.807, 2.05) is 35.5 Å². The first-order valence-corrected chi connectivity index (χ1v) is 4.93. The molecule has 1 rings (SSSR count). The topological polar surface area (TPSA) is 53.3 Å². The van der Waals surface area contributed by atoms with Crippen LogP contribution >= 0.6 is 0 Å². The van der Waals surface area contributed by atoms with Gasteiger partial charge < -0.3 is 9.64 Å². The van der Waals surface area contributed by atoms with Crippen molar-refractivity contribution in [2.45, 2.75) is 13.3 Å². The maximum absolute atomic E-state index is 11.3. The van der Waals surface area contributed by atoms with Gasteiger partial charge in [-0.3, -0.25) is 4.79 Å². The Balaban J connectivity index is 2.50. The molecule has 0 amide bonds.